The summed E-state index contributed by atoms with van der Waals surface area (Å²) in [4.78, 5) is 12.0. The molecule has 0 radical (unpaired) electrons. The van der Waals surface area contributed by atoms with Crippen molar-refractivity contribution in [2.75, 3.05) is 0 Å². The van der Waals surface area contributed by atoms with Crippen LogP contribution in [-0.4, -0.2) is 22.9 Å². The Morgan fingerprint density at radius 1 is 1.27 bits per heavy atom. The van der Waals surface area contributed by atoms with Gasteiger partial charge in [0.2, 0.25) is 0 Å². The fraction of sp³-hybridized carbons (Fsp3) is 0.750. The van der Waals surface area contributed by atoms with Crippen LogP contribution in [0.1, 0.15) is 41.0 Å². The maximum atomic E-state index is 12.0. The molecule has 0 spiro atoms. The summed E-state index contributed by atoms with van der Waals surface area (Å²) in [5.41, 5.74) is 1.67. The second-order valence-electron chi connectivity index (χ2n) is 5.90. The van der Waals surface area contributed by atoms with Crippen molar-refractivity contribution < 1.29 is 4.79 Å². The predicted octanol–water partition coefficient (Wildman–Crippen LogP) is 1.35. The van der Waals surface area contributed by atoms with Crippen LogP contribution in [0.15, 0.2) is 11.3 Å². The van der Waals surface area contributed by atoms with Crippen molar-refractivity contribution >= 4 is 5.78 Å². The van der Waals surface area contributed by atoms with Crippen LogP contribution in [0, 0.1) is 0 Å². The van der Waals surface area contributed by atoms with E-state index < -0.39 is 5.54 Å². The number of Topliss-reactive ketones (excluding diaryl/α,β-unsaturated/α-hetero) is 1. The van der Waals surface area contributed by atoms with Crippen molar-refractivity contribution in [3.05, 3.63) is 11.3 Å². The van der Waals surface area contributed by atoms with E-state index in [4.69, 9.17) is 0 Å². The van der Waals surface area contributed by atoms with Crippen molar-refractivity contribution in [3.8, 4) is 0 Å². The number of nitrogens with one attached hydrogen (secondary N) is 2. The minimum Gasteiger partial charge on any atom is -0.382 e. The van der Waals surface area contributed by atoms with Crippen LogP contribution >= 0.6 is 0 Å². The SMILES string of the molecule is CC1=C2NC(C)(C)CC2NC(C)(C)C1=O. The van der Waals surface area contributed by atoms with Crippen LogP contribution in [-0.2, 0) is 4.79 Å². The van der Waals surface area contributed by atoms with Crippen LogP contribution < -0.4 is 10.6 Å². The Hall–Kier alpha value is -0.830. The van der Waals surface area contributed by atoms with Gasteiger partial charge >= 0.3 is 0 Å². The number of ketones is 1. The number of carbonyl (C=O) groups is 1. The summed E-state index contributed by atoms with van der Waals surface area (Å²) >= 11 is 0. The van der Waals surface area contributed by atoms with Crippen LogP contribution in [0.5, 0.6) is 0 Å². The second-order valence-corrected chi connectivity index (χ2v) is 5.90. The first-order valence-corrected chi connectivity index (χ1v) is 5.54. The Balaban J connectivity index is 2.42. The highest BCUT2D eigenvalue weighted by atomic mass is 16.1. The zero-order valence-corrected chi connectivity index (χ0v) is 10.2. The lowest BCUT2D eigenvalue weighted by molar-refractivity contribution is -0.121. The van der Waals surface area contributed by atoms with Crippen LogP contribution in [0.3, 0.4) is 0 Å². The molecule has 2 rings (SSSR count). The van der Waals surface area contributed by atoms with Gasteiger partial charge in [-0.1, -0.05) is 0 Å². The van der Waals surface area contributed by atoms with Gasteiger partial charge < -0.3 is 5.32 Å². The highest BCUT2D eigenvalue weighted by Gasteiger charge is 2.45. The van der Waals surface area contributed by atoms with Crippen molar-refractivity contribution in [2.24, 2.45) is 0 Å². The molecule has 0 amide bonds. The smallest absolute Gasteiger partial charge is 0.179 e. The molecule has 0 aromatic heterocycles. The summed E-state index contributed by atoms with van der Waals surface area (Å²) in [6, 6.07) is 0.313. The average molecular weight is 208 g/mol. The maximum Gasteiger partial charge on any atom is 0.179 e. The fourth-order valence-electron chi connectivity index (χ4n) is 2.69. The molecule has 2 aliphatic heterocycles. The molecule has 2 aliphatic rings. The topological polar surface area (TPSA) is 41.1 Å². The van der Waals surface area contributed by atoms with Gasteiger partial charge in [0.15, 0.2) is 5.78 Å². The molecule has 0 aromatic rings. The Labute approximate surface area is 91.3 Å². The molecule has 3 nitrogen and oxygen atoms in total. The normalized spacial score (nSPS) is 32.6. The van der Waals surface area contributed by atoms with Crippen molar-refractivity contribution in [1.82, 2.24) is 10.6 Å². The Bertz CT molecular complexity index is 353. The molecule has 3 heteroatoms. The van der Waals surface area contributed by atoms with Gasteiger partial charge in [-0.05, 0) is 41.0 Å². The Morgan fingerprint density at radius 3 is 2.47 bits per heavy atom. The van der Waals surface area contributed by atoms with Crippen molar-refractivity contribution in [2.45, 2.75) is 58.2 Å². The van der Waals surface area contributed by atoms with Crippen LogP contribution in [0.25, 0.3) is 0 Å². The molecular weight excluding hydrogens is 188 g/mol. The quantitative estimate of drug-likeness (QED) is 0.631. The highest BCUT2D eigenvalue weighted by molar-refractivity contribution is 6.03. The molecule has 1 unspecified atom stereocenters. The minimum absolute atomic E-state index is 0.0922. The van der Waals surface area contributed by atoms with E-state index in [0.29, 0.717) is 6.04 Å². The molecule has 2 heterocycles. The van der Waals surface area contributed by atoms with Crippen molar-refractivity contribution in [3.63, 3.8) is 0 Å². The molecule has 2 N–H and O–H groups in total. The Morgan fingerprint density at radius 2 is 1.87 bits per heavy atom. The van der Waals surface area contributed by atoms with Gasteiger partial charge in [0, 0.05) is 16.8 Å². The second kappa shape index (κ2) is 2.85. The summed E-state index contributed by atoms with van der Waals surface area (Å²) in [5, 5.41) is 6.87. The monoisotopic (exact) mass is 208 g/mol. The van der Waals surface area contributed by atoms with Gasteiger partial charge in [-0.3, -0.25) is 10.1 Å². The van der Waals surface area contributed by atoms with Gasteiger partial charge in [0.25, 0.3) is 0 Å². The van der Waals surface area contributed by atoms with Gasteiger partial charge in [-0.15, -0.1) is 0 Å². The van der Waals surface area contributed by atoms with E-state index in [0.717, 1.165) is 17.7 Å². The number of hydrogen-bond acceptors (Lipinski definition) is 3. The minimum atomic E-state index is -0.416. The number of fused-ring (bicyclic) bond motifs is 1. The van der Waals surface area contributed by atoms with E-state index in [9.17, 15) is 4.79 Å². The van der Waals surface area contributed by atoms with Crippen LogP contribution in [0.2, 0.25) is 0 Å². The lowest BCUT2D eigenvalue weighted by Crippen LogP contribution is -2.56. The third-order valence-corrected chi connectivity index (χ3v) is 3.38. The molecule has 1 fully saturated rings. The third kappa shape index (κ3) is 1.59. The van der Waals surface area contributed by atoms with E-state index in [1.54, 1.807) is 0 Å². The van der Waals surface area contributed by atoms with Gasteiger partial charge in [0.1, 0.15) is 0 Å². The predicted molar refractivity (Wildman–Crippen MR) is 60.5 cm³/mol. The number of rotatable bonds is 0. The maximum absolute atomic E-state index is 12.0. The van der Waals surface area contributed by atoms with Gasteiger partial charge in [-0.25, -0.2) is 0 Å². The van der Waals surface area contributed by atoms with E-state index in [1.165, 1.54) is 0 Å². The van der Waals surface area contributed by atoms with E-state index in [-0.39, 0.29) is 11.3 Å². The molecule has 0 bridgehead atoms. The first-order chi connectivity index (χ1) is 6.73. The molecule has 1 saturated heterocycles. The first-order valence-electron chi connectivity index (χ1n) is 5.54. The zero-order valence-electron chi connectivity index (χ0n) is 10.2. The lowest BCUT2D eigenvalue weighted by atomic mass is 9.85. The highest BCUT2D eigenvalue weighted by Crippen LogP contribution is 2.33. The van der Waals surface area contributed by atoms with Crippen molar-refractivity contribution in [1.29, 1.82) is 0 Å². The van der Waals surface area contributed by atoms with Gasteiger partial charge in [-0.2, -0.15) is 0 Å². The van der Waals surface area contributed by atoms with E-state index in [2.05, 4.69) is 24.5 Å². The van der Waals surface area contributed by atoms with E-state index >= 15 is 0 Å². The molecular formula is C12H20N2O. The number of hydrogen-bond donors (Lipinski definition) is 2. The summed E-state index contributed by atoms with van der Waals surface area (Å²) in [6.45, 7) is 10.2. The van der Waals surface area contributed by atoms with E-state index in [1.807, 2.05) is 20.8 Å². The molecule has 84 valence electrons. The zero-order chi connectivity index (χ0) is 11.4. The third-order valence-electron chi connectivity index (χ3n) is 3.38. The first kappa shape index (κ1) is 10.7. The van der Waals surface area contributed by atoms with Gasteiger partial charge in [0.05, 0.1) is 11.6 Å². The largest absolute Gasteiger partial charge is 0.382 e. The average Bonchev–Trinajstić information content (AvgIpc) is 2.36. The summed E-state index contributed by atoms with van der Waals surface area (Å²) < 4.78 is 0. The summed E-state index contributed by atoms with van der Waals surface area (Å²) in [6.07, 6.45) is 1.04. The Kier molecular flexibility index (Phi) is 2.03. The summed E-state index contributed by atoms with van der Waals surface area (Å²) in [5.74, 6) is 0.207. The fourth-order valence-corrected chi connectivity index (χ4v) is 2.69. The number of carbonyl (C=O) groups excluding carboxylic acids is 1. The lowest BCUT2D eigenvalue weighted by Gasteiger charge is -2.34. The molecule has 0 saturated carbocycles. The standard InChI is InChI=1S/C12H20N2O/c1-7-9-8(6-11(2,3)14-9)13-12(4,5)10(7)15/h8,13-14H,6H2,1-5H3. The molecule has 0 aliphatic carbocycles. The molecule has 15 heavy (non-hydrogen) atoms. The molecule has 0 aromatic carbocycles. The summed E-state index contributed by atoms with van der Waals surface area (Å²) in [7, 11) is 0. The van der Waals surface area contributed by atoms with Crippen LogP contribution in [0.4, 0.5) is 0 Å². The molecule has 1 atom stereocenters.